The SMILES string of the molecule is CCC1=C(C(=O)OC)[C@H](c2ccc(C(F)(F)F)cc2)n2ncnc2N1. The van der Waals surface area contributed by atoms with Gasteiger partial charge in [0.05, 0.1) is 18.2 Å². The number of halogens is 3. The Kier molecular flexibility index (Phi) is 4.23. The van der Waals surface area contributed by atoms with Gasteiger partial charge in [0.1, 0.15) is 12.4 Å². The maximum Gasteiger partial charge on any atom is 0.416 e. The van der Waals surface area contributed by atoms with Crippen molar-refractivity contribution in [2.45, 2.75) is 25.6 Å². The highest BCUT2D eigenvalue weighted by molar-refractivity contribution is 5.92. The Hall–Kier alpha value is -2.84. The van der Waals surface area contributed by atoms with Crippen LogP contribution in [0.25, 0.3) is 0 Å². The van der Waals surface area contributed by atoms with E-state index < -0.39 is 23.8 Å². The summed E-state index contributed by atoms with van der Waals surface area (Å²) in [6, 6.07) is 3.91. The first kappa shape index (κ1) is 17.0. The molecule has 0 fully saturated rings. The summed E-state index contributed by atoms with van der Waals surface area (Å²) >= 11 is 0. The lowest BCUT2D eigenvalue weighted by atomic mass is 9.94. The topological polar surface area (TPSA) is 69.0 Å². The van der Waals surface area contributed by atoms with E-state index in [1.54, 1.807) is 0 Å². The number of hydrogen-bond donors (Lipinski definition) is 1. The minimum atomic E-state index is -4.43. The zero-order chi connectivity index (χ0) is 18.2. The highest BCUT2D eigenvalue weighted by Gasteiger charge is 2.36. The van der Waals surface area contributed by atoms with Gasteiger partial charge in [-0.05, 0) is 24.1 Å². The van der Waals surface area contributed by atoms with Gasteiger partial charge in [0, 0.05) is 5.70 Å². The van der Waals surface area contributed by atoms with Crippen molar-refractivity contribution in [3.05, 3.63) is 53.0 Å². The molecular formula is C16H15F3N4O2. The van der Waals surface area contributed by atoms with Gasteiger partial charge in [0.2, 0.25) is 5.95 Å². The van der Waals surface area contributed by atoms with E-state index in [0.717, 1.165) is 12.1 Å². The number of nitrogens with one attached hydrogen (secondary N) is 1. The molecule has 0 saturated heterocycles. The molecule has 1 N–H and O–H groups in total. The summed E-state index contributed by atoms with van der Waals surface area (Å²) in [5.74, 6) is -0.162. The van der Waals surface area contributed by atoms with E-state index in [1.165, 1.54) is 30.3 Å². The number of hydrogen-bond acceptors (Lipinski definition) is 5. The molecule has 0 bridgehead atoms. The molecule has 1 aromatic carbocycles. The number of esters is 1. The van der Waals surface area contributed by atoms with E-state index in [1.807, 2.05) is 6.92 Å². The van der Waals surface area contributed by atoms with Crippen LogP contribution in [-0.4, -0.2) is 27.8 Å². The molecule has 1 atom stereocenters. The lowest BCUT2D eigenvalue weighted by molar-refractivity contribution is -0.138. The van der Waals surface area contributed by atoms with Crippen LogP contribution in [0.4, 0.5) is 19.1 Å². The first-order valence-electron chi connectivity index (χ1n) is 7.51. The maximum absolute atomic E-state index is 12.8. The van der Waals surface area contributed by atoms with Crippen LogP contribution in [0.1, 0.15) is 30.5 Å². The van der Waals surface area contributed by atoms with Gasteiger partial charge in [0.15, 0.2) is 0 Å². The van der Waals surface area contributed by atoms with E-state index in [-0.39, 0.29) is 0 Å². The Balaban J connectivity index is 2.13. The van der Waals surface area contributed by atoms with Crippen molar-refractivity contribution in [3.8, 4) is 0 Å². The average Bonchev–Trinajstić information content (AvgIpc) is 3.06. The largest absolute Gasteiger partial charge is 0.466 e. The lowest BCUT2D eigenvalue weighted by Gasteiger charge is -2.29. The Bertz CT molecular complexity index is 825. The Morgan fingerprint density at radius 3 is 2.56 bits per heavy atom. The molecule has 0 saturated carbocycles. The summed E-state index contributed by atoms with van der Waals surface area (Å²) in [7, 11) is 1.25. The minimum Gasteiger partial charge on any atom is -0.466 e. The van der Waals surface area contributed by atoms with Gasteiger partial charge in [-0.25, -0.2) is 9.48 Å². The molecule has 6 nitrogen and oxygen atoms in total. The van der Waals surface area contributed by atoms with Gasteiger partial charge in [-0.1, -0.05) is 19.1 Å². The maximum atomic E-state index is 12.8. The van der Waals surface area contributed by atoms with Crippen molar-refractivity contribution < 1.29 is 22.7 Å². The van der Waals surface area contributed by atoms with Crippen molar-refractivity contribution in [2.24, 2.45) is 0 Å². The second-order valence-corrected chi connectivity index (χ2v) is 5.41. The molecule has 1 aromatic heterocycles. The fourth-order valence-corrected chi connectivity index (χ4v) is 2.80. The number of fused-ring (bicyclic) bond motifs is 1. The van der Waals surface area contributed by atoms with Crippen LogP contribution < -0.4 is 5.32 Å². The van der Waals surface area contributed by atoms with Crippen molar-refractivity contribution in [1.82, 2.24) is 14.8 Å². The van der Waals surface area contributed by atoms with Crippen molar-refractivity contribution in [2.75, 3.05) is 12.4 Å². The van der Waals surface area contributed by atoms with Crippen molar-refractivity contribution >= 4 is 11.9 Å². The van der Waals surface area contributed by atoms with Crippen LogP contribution in [0.3, 0.4) is 0 Å². The number of ether oxygens (including phenoxy) is 1. The fraction of sp³-hybridized carbons (Fsp3) is 0.312. The summed E-state index contributed by atoms with van der Waals surface area (Å²) < 4.78 is 44.7. The molecule has 0 aliphatic carbocycles. The number of alkyl halides is 3. The number of aromatic nitrogens is 3. The highest BCUT2D eigenvalue weighted by atomic mass is 19.4. The predicted octanol–water partition coefficient (Wildman–Crippen LogP) is 3.15. The molecule has 3 rings (SSSR count). The third kappa shape index (κ3) is 2.97. The molecule has 25 heavy (non-hydrogen) atoms. The third-order valence-electron chi connectivity index (χ3n) is 3.99. The standard InChI is InChI=1S/C16H15F3N4O2/c1-3-11-12(14(24)25-2)13(23-15(22-11)20-8-21-23)9-4-6-10(7-5-9)16(17,18)19/h4-8,13H,3H2,1-2H3,(H,20,21,22)/t13-/m0/s1. The zero-order valence-corrected chi connectivity index (χ0v) is 13.5. The van der Waals surface area contributed by atoms with Crippen molar-refractivity contribution in [1.29, 1.82) is 0 Å². The fourth-order valence-electron chi connectivity index (χ4n) is 2.80. The molecule has 132 valence electrons. The summed E-state index contributed by atoms with van der Waals surface area (Å²) in [6.45, 7) is 1.85. The smallest absolute Gasteiger partial charge is 0.416 e. The third-order valence-corrected chi connectivity index (χ3v) is 3.99. The number of anilines is 1. The van der Waals surface area contributed by atoms with Gasteiger partial charge < -0.3 is 10.1 Å². The number of carbonyl (C=O) groups is 1. The molecule has 0 amide bonds. The van der Waals surface area contributed by atoms with Gasteiger partial charge in [-0.2, -0.15) is 23.3 Å². The Labute approximate surface area is 141 Å². The van der Waals surface area contributed by atoms with Crippen LogP contribution >= 0.6 is 0 Å². The number of nitrogens with zero attached hydrogens (tertiary/aromatic N) is 3. The molecule has 0 unspecified atom stereocenters. The summed E-state index contributed by atoms with van der Waals surface area (Å²) in [6.07, 6.45) is -2.62. The number of allylic oxidation sites excluding steroid dienone is 1. The molecule has 9 heteroatoms. The highest BCUT2D eigenvalue weighted by Crippen LogP contribution is 2.37. The van der Waals surface area contributed by atoms with Gasteiger partial charge in [-0.3, -0.25) is 0 Å². The molecular weight excluding hydrogens is 337 g/mol. The zero-order valence-electron chi connectivity index (χ0n) is 13.5. The first-order chi connectivity index (χ1) is 11.9. The first-order valence-corrected chi connectivity index (χ1v) is 7.51. The van der Waals surface area contributed by atoms with E-state index >= 15 is 0 Å². The minimum absolute atomic E-state index is 0.294. The number of methoxy groups -OCH3 is 1. The van der Waals surface area contributed by atoms with Crippen LogP contribution in [0.15, 0.2) is 41.9 Å². The van der Waals surface area contributed by atoms with Gasteiger partial charge >= 0.3 is 12.1 Å². The van der Waals surface area contributed by atoms with Crippen LogP contribution in [0.2, 0.25) is 0 Å². The molecule has 2 aromatic rings. The predicted molar refractivity (Wildman–Crippen MR) is 82.6 cm³/mol. The normalized spacial score (nSPS) is 17.1. The number of benzene rings is 1. The van der Waals surface area contributed by atoms with E-state index in [2.05, 4.69) is 15.4 Å². The van der Waals surface area contributed by atoms with Crippen molar-refractivity contribution in [3.63, 3.8) is 0 Å². The van der Waals surface area contributed by atoms with Gasteiger partial charge in [0.25, 0.3) is 0 Å². The van der Waals surface area contributed by atoms with E-state index in [0.29, 0.717) is 29.2 Å². The molecule has 1 aliphatic rings. The summed E-state index contributed by atoms with van der Waals surface area (Å²) in [4.78, 5) is 16.4. The second kappa shape index (κ2) is 6.23. The lowest BCUT2D eigenvalue weighted by Crippen LogP contribution is -2.30. The Morgan fingerprint density at radius 2 is 2.00 bits per heavy atom. The number of carbonyl (C=O) groups excluding carboxylic acids is 1. The molecule has 1 aliphatic heterocycles. The quantitative estimate of drug-likeness (QED) is 0.860. The second-order valence-electron chi connectivity index (χ2n) is 5.41. The summed E-state index contributed by atoms with van der Waals surface area (Å²) in [5.41, 5.74) is 0.607. The monoisotopic (exact) mass is 352 g/mol. The van der Waals surface area contributed by atoms with Gasteiger partial charge in [-0.15, -0.1) is 0 Å². The molecule has 2 heterocycles. The average molecular weight is 352 g/mol. The molecule has 0 radical (unpaired) electrons. The molecule has 0 spiro atoms. The van der Waals surface area contributed by atoms with E-state index in [9.17, 15) is 18.0 Å². The van der Waals surface area contributed by atoms with E-state index in [4.69, 9.17) is 4.74 Å². The van der Waals surface area contributed by atoms with Crippen LogP contribution in [0, 0.1) is 0 Å². The number of rotatable bonds is 3. The Morgan fingerprint density at radius 1 is 1.32 bits per heavy atom. The van der Waals surface area contributed by atoms with Crippen LogP contribution in [-0.2, 0) is 15.7 Å². The summed E-state index contributed by atoms with van der Waals surface area (Å²) in [5, 5.41) is 7.12. The van der Waals surface area contributed by atoms with Crippen LogP contribution in [0.5, 0.6) is 0 Å².